The van der Waals surface area contributed by atoms with Crippen molar-refractivity contribution in [3.8, 4) is 0 Å². The molecule has 0 N–H and O–H groups in total. The molecule has 0 unspecified atom stereocenters. The Morgan fingerprint density at radius 1 is 0.867 bits per heavy atom. The highest BCUT2D eigenvalue weighted by molar-refractivity contribution is 7.16. The molecule has 3 heterocycles. The molecule has 5 heteroatoms. The van der Waals surface area contributed by atoms with Crippen molar-refractivity contribution in [3.05, 3.63) is 95.0 Å². The second-order valence-corrected chi connectivity index (χ2v) is 8.72. The Kier molecular flexibility index (Phi) is 5.15. The summed E-state index contributed by atoms with van der Waals surface area (Å²) in [6, 6.07) is 25.7. The summed E-state index contributed by atoms with van der Waals surface area (Å²) in [5.41, 5.74) is 3.38. The number of carbonyl (C=O) groups is 1. The smallest absolute Gasteiger partial charge is 0.270 e. The van der Waals surface area contributed by atoms with Crippen LogP contribution < -0.4 is 0 Å². The maximum atomic E-state index is 13.2. The van der Waals surface area contributed by atoms with Gasteiger partial charge in [-0.2, -0.15) is 0 Å². The maximum absolute atomic E-state index is 13.2. The van der Waals surface area contributed by atoms with Crippen LogP contribution in [0.15, 0.2) is 78.2 Å². The first kappa shape index (κ1) is 19.1. The number of rotatable bonds is 4. The highest BCUT2D eigenvalue weighted by atomic mass is 32.1. The summed E-state index contributed by atoms with van der Waals surface area (Å²) < 4.78 is 2.03. The van der Waals surface area contributed by atoms with Gasteiger partial charge in [0.1, 0.15) is 10.5 Å². The molecule has 0 bridgehead atoms. The van der Waals surface area contributed by atoms with Crippen LogP contribution in [0.25, 0.3) is 10.2 Å². The normalized spacial score (nSPS) is 15.2. The standard InChI is InChI=1S/C25H25N3OS/c1-26-22(18-21-12-17-30-25(21)26)24(29)28-15-13-27(14-16-28)23(19-8-4-2-5-9-19)20-10-6-3-7-11-20/h2-12,17-18,23H,13-16H2,1H3. The van der Waals surface area contributed by atoms with Crippen molar-refractivity contribution in [3.63, 3.8) is 0 Å². The molecule has 4 aromatic rings. The van der Waals surface area contributed by atoms with Crippen molar-refractivity contribution >= 4 is 27.5 Å². The molecule has 0 atom stereocenters. The lowest BCUT2D eigenvalue weighted by Crippen LogP contribution is -2.50. The number of aryl methyl sites for hydroxylation is 1. The number of nitrogens with zero attached hydrogens (tertiary/aromatic N) is 3. The van der Waals surface area contributed by atoms with Crippen LogP contribution in [0.2, 0.25) is 0 Å². The van der Waals surface area contributed by atoms with Crippen LogP contribution in [0.5, 0.6) is 0 Å². The first-order valence-corrected chi connectivity index (χ1v) is 11.3. The first-order valence-electron chi connectivity index (χ1n) is 10.4. The molecule has 0 spiro atoms. The van der Waals surface area contributed by atoms with Gasteiger partial charge in [-0.3, -0.25) is 9.69 Å². The Bertz CT molecular complexity index is 1100. The largest absolute Gasteiger partial charge is 0.335 e. The van der Waals surface area contributed by atoms with E-state index in [9.17, 15) is 4.79 Å². The monoisotopic (exact) mass is 415 g/mol. The van der Waals surface area contributed by atoms with Gasteiger partial charge in [-0.1, -0.05) is 60.7 Å². The molecule has 1 aliphatic heterocycles. The van der Waals surface area contributed by atoms with E-state index in [0.29, 0.717) is 0 Å². The second-order valence-electron chi connectivity index (χ2n) is 7.82. The number of hydrogen-bond acceptors (Lipinski definition) is 3. The van der Waals surface area contributed by atoms with E-state index in [-0.39, 0.29) is 11.9 Å². The molecule has 5 rings (SSSR count). The zero-order chi connectivity index (χ0) is 20.5. The Morgan fingerprint density at radius 2 is 1.47 bits per heavy atom. The summed E-state index contributed by atoms with van der Waals surface area (Å²) in [7, 11) is 1.99. The molecule has 0 saturated carbocycles. The summed E-state index contributed by atoms with van der Waals surface area (Å²) in [6.07, 6.45) is 0. The van der Waals surface area contributed by atoms with Gasteiger partial charge in [0.15, 0.2) is 0 Å². The lowest BCUT2D eigenvalue weighted by atomic mass is 9.96. The van der Waals surface area contributed by atoms with Crippen molar-refractivity contribution in [2.75, 3.05) is 26.2 Å². The lowest BCUT2D eigenvalue weighted by Gasteiger charge is -2.39. The predicted molar refractivity (Wildman–Crippen MR) is 123 cm³/mol. The molecular weight excluding hydrogens is 390 g/mol. The average molecular weight is 416 g/mol. The Labute approximate surface area is 181 Å². The Hall–Kier alpha value is -2.89. The number of piperazine rings is 1. The van der Waals surface area contributed by atoms with Gasteiger partial charge in [0.25, 0.3) is 5.91 Å². The van der Waals surface area contributed by atoms with Gasteiger partial charge < -0.3 is 9.47 Å². The van der Waals surface area contributed by atoms with Crippen molar-refractivity contribution in [2.24, 2.45) is 7.05 Å². The zero-order valence-electron chi connectivity index (χ0n) is 17.1. The van der Waals surface area contributed by atoms with Crippen LogP contribution in [-0.2, 0) is 7.05 Å². The lowest BCUT2D eigenvalue weighted by molar-refractivity contribution is 0.0589. The van der Waals surface area contributed by atoms with Gasteiger partial charge in [0, 0.05) is 38.6 Å². The van der Waals surface area contributed by atoms with Crippen LogP contribution in [-0.4, -0.2) is 46.5 Å². The molecule has 0 radical (unpaired) electrons. The van der Waals surface area contributed by atoms with Crippen LogP contribution >= 0.6 is 11.3 Å². The van der Waals surface area contributed by atoms with Crippen LogP contribution in [0.1, 0.15) is 27.7 Å². The van der Waals surface area contributed by atoms with E-state index in [1.165, 1.54) is 11.1 Å². The van der Waals surface area contributed by atoms with E-state index >= 15 is 0 Å². The highest BCUT2D eigenvalue weighted by Gasteiger charge is 2.29. The SMILES string of the molecule is Cn1c(C(=O)N2CCN(C(c3ccccc3)c3ccccc3)CC2)cc2ccsc21. The topological polar surface area (TPSA) is 28.5 Å². The number of thiophene rings is 1. The van der Waals surface area contributed by atoms with Gasteiger partial charge in [-0.15, -0.1) is 11.3 Å². The molecule has 2 aromatic heterocycles. The number of fused-ring (bicyclic) bond motifs is 1. The number of carbonyl (C=O) groups excluding carboxylic acids is 1. The fourth-order valence-corrected chi connectivity index (χ4v) is 5.35. The molecule has 152 valence electrons. The third kappa shape index (κ3) is 3.44. The summed E-state index contributed by atoms with van der Waals surface area (Å²) >= 11 is 1.68. The second kappa shape index (κ2) is 8.09. The number of benzene rings is 2. The van der Waals surface area contributed by atoms with Crippen LogP contribution in [0.4, 0.5) is 0 Å². The summed E-state index contributed by atoms with van der Waals surface area (Å²) in [6.45, 7) is 3.21. The van der Waals surface area contributed by atoms with Gasteiger partial charge >= 0.3 is 0 Å². The Balaban J connectivity index is 1.35. The summed E-state index contributed by atoms with van der Waals surface area (Å²) in [4.78, 5) is 18.9. The molecule has 0 aliphatic carbocycles. The van der Waals surface area contributed by atoms with Gasteiger partial charge in [0.2, 0.25) is 0 Å². The summed E-state index contributed by atoms with van der Waals surface area (Å²) in [5.74, 6) is 0.136. The van der Waals surface area contributed by atoms with Crippen LogP contribution in [0, 0.1) is 0 Å². The van der Waals surface area contributed by atoms with Crippen molar-refractivity contribution in [1.29, 1.82) is 0 Å². The quantitative estimate of drug-likeness (QED) is 0.480. The average Bonchev–Trinajstić information content (AvgIpc) is 3.38. The molecule has 1 aliphatic rings. The maximum Gasteiger partial charge on any atom is 0.270 e. The molecule has 30 heavy (non-hydrogen) atoms. The fraction of sp³-hybridized carbons (Fsp3) is 0.240. The highest BCUT2D eigenvalue weighted by Crippen LogP contribution is 2.30. The third-order valence-corrected chi connectivity index (χ3v) is 7.05. The predicted octanol–water partition coefficient (Wildman–Crippen LogP) is 4.79. The summed E-state index contributed by atoms with van der Waals surface area (Å²) in [5, 5.41) is 3.23. The van der Waals surface area contributed by atoms with E-state index in [4.69, 9.17) is 0 Å². The minimum atomic E-state index is 0.136. The minimum Gasteiger partial charge on any atom is -0.335 e. The molecule has 2 aromatic carbocycles. The minimum absolute atomic E-state index is 0.136. The van der Waals surface area contributed by atoms with Crippen LogP contribution in [0.3, 0.4) is 0 Å². The van der Waals surface area contributed by atoms with E-state index < -0.39 is 0 Å². The number of amides is 1. The van der Waals surface area contributed by atoms with E-state index in [0.717, 1.165) is 42.1 Å². The molecule has 1 amide bonds. The van der Waals surface area contributed by atoms with Gasteiger partial charge in [0.05, 0.1) is 6.04 Å². The molecule has 1 fully saturated rings. The van der Waals surface area contributed by atoms with Crippen molar-refractivity contribution in [1.82, 2.24) is 14.4 Å². The van der Waals surface area contributed by atoms with Gasteiger partial charge in [-0.25, -0.2) is 0 Å². The number of aromatic nitrogens is 1. The zero-order valence-corrected chi connectivity index (χ0v) is 17.9. The Morgan fingerprint density at radius 3 is 2.03 bits per heavy atom. The third-order valence-electron chi connectivity index (χ3n) is 6.05. The molecule has 4 nitrogen and oxygen atoms in total. The van der Waals surface area contributed by atoms with Crippen molar-refractivity contribution in [2.45, 2.75) is 6.04 Å². The van der Waals surface area contributed by atoms with E-state index in [2.05, 4.69) is 77.0 Å². The molecule has 1 saturated heterocycles. The number of hydrogen-bond donors (Lipinski definition) is 0. The first-order chi connectivity index (χ1) is 14.7. The van der Waals surface area contributed by atoms with E-state index in [1.54, 1.807) is 11.3 Å². The molecular formula is C25H25N3OS. The van der Waals surface area contributed by atoms with Crippen molar-refractivity contribution < 1.29 is 4.79 Å². The van der Waals surface area contributed by atoms with E-state index in [1.807, 2.05) is 22.6 Å². The van der Waals surface area contributed by atoms with Gasteiger partial charge in [-0.05, 0) is 28.6 Å². The fourth-order valence-electron chi connectivity index (χ4n) is 4.48.